The van der Waals surface area contributed by atoms with Crippen LogP contribution in [-0.2, 0) is 6.42 Å². The molecule has 0 saturated carbocycles. The van der Waals surface area contributed by atoms with Crippen LogP contribution in [0.5, 0.6) is 0 Å². The van der Waals surface area contributed by atoms with Crippen LogP contribution < -0.4 is 9.80 Å². The smallest absolute Gasteiger partial charge is 0.257 e. The average molecular weight is 393 g/mol. The molecule has 1 aromatic carbocycles. The number of hydrogen-bond donors (Lipinski definition) is 0. The van der Waals surface area contributed by atoms with Gasteiger partial charge < -0.3 is 14.7 Å². The molecule has 0 atom stereocenters. The van der Waals surface area contributed by atoms with Crippen LogP contribution in [0.15, 0.2) is 30.3 Å². The molecule has 1 aliphatic heterocycles. The third kappa shape index (κ3) is 3.62. The molecule has 3 aromatic rings. The first kappa shape index (κ1) is 19.2. The van der Waals surface area contributed by atoms with Crippen molar-refractivity contribution >= 4 is 23.2 Å². The minimum Gasteiger partial charge on any atom is -0.378 e. The van der Waals surface area contributed by atoms with Gasteiger partial charge in [0.05, 0.1) is 0 Å². The summed E-state index contributed by atoms with van der Waals surface area (Å²) < 4.78 is 2.00. The summed E-state index contributed by atoms with van der Waals surface area (Å²) in [5, 5.41) is 8.44. The second-order valence-corrected chi connectivity index (χ2v) is 7.58. The van der Waals surface area contributed by atoms with E-state index < -0.39 is 0 Å². The van der Waals surface area contributed by atoms with Gasteiger partial charge in [-0.3, -0.25) is 9.20 Å². The van der Waals surface area contributed by atoms with Gasteiger partial charge in [0, 0.05) is 69.7 Å². The fraction of sp³-hybridized carbons (Fsp3) is 0.429. The van der Waals surface area contributed by atoms with Gasteiger partial charge in [-0.25, -0.2) is 0 Å². The van der Waals surface area contributed by atoms with E-state index in [1.165, 1.54) is 0 Å². The lowest BCUT2D eigenvalue weighted by molar-refractivity contribution is 0.0746. The number of aromatic nitrogens is 4. The van der Waals surface area contributed by atoms with Crippen LogP contribution >= 0.6 is 0 Å². The molecule has 0 radical (unpaired) electrons. The summed E-state index contributed by atoms with van der Waals surface area (Å²) in [5.74, 6) is 2.54. The molecular weight excluding hydrogens is 366 g/mol. The minimum absolute atomic E-state index is 0.0830. The van der Waals surface area contributed by atoms with E-state index in [0.717, 1.165) is 48.1 Å². The Kier molecular flexibility index (Phi) is 5.08. The molecule has 3 heterocycles. The minimum atomic E-state index is 0.0830. The number of amides is 1. The Morgan fingerprint density at radius 2 is 1.76 bits per heavy atom. The Hall–Kier alpha value is -3.16. The summed E-state index contributed by atoms with van der Waals surface area (Å²) in [7, 11) is 3.98. The number of anilines is 2. The van der Waals surface area contributed by atoms with Crippen LogP contribution in [0.3, 0.4) is 0 Å². The molecular formula is C21H27N7O. The summed E-state index contributed by atoms with van der Waals surface area (Å²) >= 11 is 0. The maximum Gasteiger partial charge on any atom is 0.257 e. The number of aryl methyl sites for hydroxylation is 2. The fourth-order valence-corrected chi connectivity index (χ4v) is 3.74. The lowest BCUT2D eigenvalue weighted by atomic mass is 10.1. The summed E-state index contributed by atoms with van der Waals surface area (Å²) in [5.41, 5.74) is 2.89. The van der Waals surface area contributed by atoms with Crippen molar-refractivity contribution in [1.29, 1.82) is 0 Å². The highest BCUT2D eigenvalue weighted by atomic mass is 16.2. The Morgan fingerprint density at radius 3 is 2.38 bits per heavy atom. The predicted molar refractivity (Wildman–Crippen MR) is 114 cm³/mol. The third-order valence-corrected chi connectivity index (χ3v) is 5.46. The Balaban J connectivity index is 1.45. The number of piperazine rings is 1. The van der Waals surface area contributed by atoms with Gasteiger partial charge >= 0.3 is 0 Å². The van der Waals surface area contributed by atoms with E-state index in [4.69, 9.17) is 0 Å². The van der Waals surface area contributed by atoms with Crippen molar-refractivity contribution in [2.24, 2.45) is 0 Å². The molecule has 1 aliphatic rings. The number of hydrogen-bond acceptors (Lipinski definition) is 6. The van der Waals surface area contributed by atoms with E-state index in [0.29, 0.717) is 18.9 Å². The number of carbonyl (C=O) groups is 1. The van der Waals surface area contributed by atoms with Crippen molar-refractivity contribution in [3.63, 3.8) is 0 Å². The topological polar surface area (TPSA) is 69.9 Å². The zero-order valence-corrected chi connectivity index (χ0v) is 17.5. The molecule has 0 aliphatic carbocycles. The van der Waals surface area contributed by atoms with E-state index >= 15 is 0 Å². The van der Waals surface area contributed by atoms with Crippen LogP contribution in [0.4, 0.5) is 11.5 Å². The molecule has 2 aromatic heterocycles. The van der Waals surface area contributed by atoms with Gasteiger partial charge in [-0.1, -0.05) is 6.92 Å². The van der Waals surface area contributed by atoms with Gasteiger partial charge in [-0.05, 0) is 31.2 Å². The molecule has 152 valence electrons. The van der Waals surface area contributed by atoms with E-state index in [2.05, 4.69) is 40.0 Å². The number of fused-ring (bicyclic) bond motifs is 1. The SMILES string of the molecule is CCc1nnc2nc(N3CCN(C(=O)c4ccc(N(C)C)cc4)CC3)cc(C)n12. The molecule has 1 saturated heterocycles. The maximum atomic E-state index is 12.8. The highest BCUT2D eigenvalue weighted by Gasteiger charge is 2.24. The molecule has 29 heavy (non-hydrogen) atoms. The van der Waals surface area contributed by atoms with Gasteiger partial charge in [0.1, 0.15) is 11.6 Å². The monoisotopic (exact) mass is 393 g/mol. The predicted octanol–water partition coefficient (Wildman–Crippen LogP) is 2.02. The van der Waals surface area contributed by atoms with E-state index in [1.807, 2.05) is 52.6 Å². The lowest BCUT2D eigenvalue weighted by Crippen LogP contribution is -2.49. The molecule has 8 heteroatoms. The zero-order valence-electron chi connectivity index (χ0n) is 17.5. The summed E-state index contributed by atoms with van der Waals surface area (Å²) in [4.78, 5) is 23.7. The summed E-state index contributed by atoms with van der Waals surface area (Å²) in [6.07, 6.45) is 0.819. The van der Waals surface area contributed by atoms with Crippen LogP contribution in [0.2, 0.25) is 0 Å². The second-order valence-electron chi connectivity index (χ2n) is 7.58. The molecule has 1 amide bonds. The first-order chi connectivity index (χ1) is 14.0. The van der Waals surface area contributed by atoms with Gasteiger partial charge in [-0.2, -0.15) is 4.98 Å². The van der Waals surface area contributed by atoms with Crippen molar-refractivity contribution in [1.82, 2.24) is 24.5 Å². The van der Waals surface area contributed by atoms with Gasteiger partial charge in [0.15, 0.2) is 0 Å². The van der Waals surface area contributed by atoms with Crippen LogP contribution in [0, 0.1) is 6.92 Å². The third-order valence-electron chi connectivity index (χ3n) is 5.46. The maximum absolute atomic E-state index is 12.8. The molecule has 0 unspecified atom stereocenters. The standard InChI is InChI=1S/C21H27N7O/c1-5-18-23-24-21-22-19(14-15(2)28(18)21)26-10-12-27(13-11-26)20(29)16-6-8-17(9-7-16)25(3)4/h6-9,14H,5,10-13H2,1-4H3. The zero-order chi connectivity index (χ0) is 20.5. The lowest BCUT2D eigenvalue weighted by Gasteiger charge is -2.35. The molecule has 0 spiro atoms. The molecule has 1 fully saturated rings. The molecule has 8 nitrogen and oxygen atoms in total. The Bertz CT molecular complexity index is 1020. The van der Waals surface area contributed by atoms with Crippen molar-refractivity contribution in [3.05, 3.63) is 47.4 Å². The van der Waals surface area contributed by atoms with Crippen molar-refractivity contribution in [2.45, 2.75) is 20.3 Å². The highest BCUT2D eigenvalue weighted by Crippen LogP contribution is 2.20. The first-order valence-corrected chi connectivity index (χ1v) is 10.0. The van der Waals surface area contributed by atoms with Crippen molar-refractivity contribution in [2.75, 3.05) is 50.1 Å². The summed E-state index contributed by atoms with van der Waals surface area (Å²) in [6, 6.07) is 9.84. The van der Waals surface area contributed by atoms with Gasteiger partial charge in [0.2, 0.25) is 0 Å². The Morgan fingerprint density at radius 1 is 1.07 bits per heavy atom. The van der Waals surface area contributed by atoms with Crippen LogP contribution in [-0.4, -0.2) is 70.7 Å². The Labute approximate surface area is 170 Å². The molecule has 0 N–H and O–H groups in total. The van der Waals surface area contributed by atoms with E-state index in [1.54, 1.807) is 0 Å². The highest BCUT2D eigenvalue weighted by molar-refractivity contribution is 5.94. The van der Waals surface area contributed by atoms with Crippen LogP contribution in [0.1, 0.15) is 28.8 Å². The normalized spacial score (nSPS) is 14.5. The first-order valence-electron chi connectivity index (χ1n) is 10.0. The molecule has 4 rings (SSSR count). The largest absolute Gasteiger partial charge is 0.378 e. The number of rotatable bonds is 4. The van der Waals surface area contributed by atoms with Gasteiger partial charge in [0.25, 0.3) is 11.7 Å². The van der Waals surface area contributed by atoms with E-state index in [9.17, 15) is 4.79 Å². The quantitative estimate of drug-likeness (QED) is 0.676. The number of nitrogens with zero attached hydrogens (tertiary/aromatic N) is 7. The van der Waals surface area contributed by atoms with Crippen LogP contribution in [0.25, 0.3) is 5.78 Å². The molecule has 0 bridgehead atoms. The van der Waals surface area contributed by atoms with Crippen molar-refractivity contribution in [3.8, 4) is 0 Å². The van der Waals surface area contributed by atoms with E-state index in [-0.39, 0.29) is 5.91 Å². The second kappa shape index (κ2) is 7.69. The number of carbonyl (C=O) groups excluding carboxylic acids is 1. The average Bonchev–Trinajstić information content (AvgIpc) is 3.17. The fourth-order valence-electron chi connectivity index (χ4n) is 3.74. The van der Waals surface area contributed by atoms with Gasteiger partial charge in [-0.15, -0.1) is 10.2 Å². The number of benzene rings is 1. The summed E-state index contributed by atoms with van der Waals surface area (Å²) in [6.45, 7) is 6.96. The van der Waals surface area contributed by atoms with Crippen molar-refractivity contribution < 1.29 is 4.79 Å².